The maximum Gasteiger partial charge on any atom is 0.118 e. The number of rotatable bonds is 28. The van der Waals surface area contributed by atoms with Gasteiger partial charge in [-0.3, -0.25) is 0 Å². The van der Waals surface area contributed by atoms with Crippen molar-refractivity contribution in [1.82, 2.24) is 0 Å². The monoisotopic (exact) mass is 1460 g/mol. The fourth-order valence-electron chi connectivity index (χ4n) is 9.78. The molecule has 0 fully saturated rings. The molecule has 6 aromatic carbocycles. The molecule has 416 valence electrons. The topological polar surface area (TPSA) is 27.7 Å². The third-order valence-corrected chi connectivity index (χ3v) is 23.2. The van der Waals surface area contributed by atoms with Gasteiger partial charge in [0.1, 0.15) is 11.5 Å². The van der Waals surface area contributed by atoms with E-state index in [4.69, 9.17) is 60.6 Å². The fraction of sp³-hybridized carbons (Fsp3) is 0.312. The lowest BCUT2D eigenvalue weighted by Gasteiger charge is -2.49. The first kappa shape index (κ1) is 63.3. The molecule has 0 heterocycles. The molecule has 6 atom stereocenters. The van der Waals surface area contributed by atoms with E-state index < -0.39 is 23.0 Å². The molecule has 2 aliphatic rings. The molecule has 8 rings (SSSR count). The van der Waals surface area contributed by atoms with E-state index in [0.29, 0.717) is 10.1 Å². The van der Waals surface area contributed by atoms with Gasteiger partial charge in [-0.05, 0) is 154 Å². The van der Waals surface area contributed by atoms with Crippen LogP contribution in [-0.4, -0.2) is 46.9 Å². The summed E-state index contributed by atoms with van der Waals surface area (Å²) in [5.41, 5.74) is 8.63. The number of ether oxygens (including phenoxy) is 3. The van der Waals surface area contributed by atoms with Gasteiger partial charge in [-0.25, -0.2) is 0 Å². The number of allylic oxidation sites excluding steroid dienone is 6. The molecule has 0 aliphatic heterocycles. The first-order chi connectivity index (χ1) is 38.3. The molecule has 0 amide bonds. The molecule has 0 bridgehead atoms. The van der Waals surface area contributed by atoms with Gasteiger partial charge in [0.05, 0.1) is 26.4 Å². The van der Waals surface area contributed by atoms with Crippen molar-refractivity contribution in [2.24, 2.45) is 10.8 Å². The quantitative estimate of drug-likeness (QED) is 0.0357. The minimum Gasteiger partial charge on any atom is -0.497 e. The Bertz CT molecular complexity index is 2850. The number of hydrogen-bond donors (Lipinski definition) is 0. The van der Waals surface area contributed by atoms with Gasteiger partial charge in [-0.15, -0.1) is 0 Å². The normalized spacial score (nSPS) is 19.7. The SMILES string of the molecule is COc1ccc(CSCCC2(C(OC(c3ccc(CSCCc4ccc(Cl)cc4Br)cc3)C3(CCSCc4ccc(OC)cc4)C=CC(Cl)=CC3Br)c3ccc(CSCCc4ccc(Cl)cc4Br)cc3)C=CC(Cl)=CC2Br)cc1. The highest BCUT2D eigenvalue weighted by Crippen LogP contribution is 2.58. The van der Waals surface area contributed by atoms with Gasteiger partial charge in [0, 0.05) is 72.6 Å². The van der Waals surface area contributed by atoms with E-state index in [0.717, 1.165) is 113 Å². The second kappa shape index (κ2) is 31.5. The lowest BCUT2D eigenvalue weighted by Crippen LogP contribution is -2.44. The summed E-state index contributed by atoms with van der Waals surface area (Å²) in [5.74, 6) is 8.93. The van der Waals surface area contributed by atoms with Crippen LogP contribution >= 0.6 is 157 Å². The van der Waals surface area contributed by atoms with E-state index in [-0.39, 0.29) is 9.65 Å². The zero-order valence-corrected chi connectivity index (χ0v) is 56.5. The van der Waals surface area contributed by atoms with Crippen LogP contribution in [0.5, 0.6) is 11.5 Å². The van der Waals surface area contributed by atoms with Crippen molar-refractivity contribution < 1.29 is 14.2 Å². The van der Waals surface area contributed by atoms with Crippen LogP contribution in [-0.2, 0) is 40.6 Å². The van der Waals surface area contributed by atoms with E-state index >= 15 is 0 Å². The number of alkyl halides is 2. The van der Waals surface area contributed by atoms with Crippen molar-refractivity contribution >= 4 is 157 Å². The Balaban J connectivity index is 1.14. The number of thioether (sulfide) groups is 4. The van der Waals surface area contributed by atoms with Crippen molar-refractivity contribution in [3.05, 3.63) is 243 Å². The van der Waals surface area contributed by atoms with E-state index in [1.165, 1.54) is 33.4 Å². The molecule has 0 spiro atoms. The summed E-state index contributed by atoms with van der Waals surface area (Å²) in [7, 11) is 3.41. The number of halogens is 8. The van der Waals surface area contributed by atoms with E-state index in [1.54, 1.807) is 14.2 Å². The Kier molecular flexibility index (Phi) is 25.2. The van der Waals surface area contributed by atoms with Crippen LogP contribution in [0.2, 0.25) is 10.0 Å². The first-order valence-electron chi connectivity index (χ1n) is 26.0. The minimum atomic E-state index is -0.556. The van der Waals surface area contributed by atoms with Crippen LogP contribution in [0.3, 0.4) is 0 Å². The maximum atomic E-state index is 8.22. The summed E-state index contributed by atoms with van der Waals surface area (Å²) in [6, 6.07) is 47.2. The maximum absolute atomic E-state index is 8.22. The first-order valence-corrected chi connectivity index (χ1v) is 35.5. The molecule has 0 saturated carbocycles. The van der Waals surface area contributed by atoms with Gasteiger partial charge in [0.15, 0.2) is 0 Å². The number of methoxy groups -OCH3 is 2. The van der Waals surface area contributed by atoms with Gasteiger partial charge >= 0.3 is 0 Å². The molecule has 6 aromatic rings. The summed E-state index contributed by atoms with van der Waals surface area (Å²) in [6.07, 6.45) is 15.7. The largest absolute Gasteiger partial charge is 0.497 e. The minimum absolute atomic E-state index is 0.146. The van der Waals surface area contributed by atoms with Crippen molar-refractivity contribution in [3.63, 3.8) is 0 Å². The van der Waals surface area contributed by atoms with Gasteiger partial charge in [0.25, 0.3) is 0 Å². The molecule has 0 N–H and O–H groups in total. The molecule has 0 radical (unpaired) electrons. The third-order valence-electron chi connectivity index (χ3n) is 14.4. The molecule has 2 aliphatic carbocycles. The van der Waals surface area contributed by atoms with Crippen LogP contribution in [0.25, 0.3) is 0 Å². The zero-order chi connectivity index (χ0) is 55.8. The predicted octanol–water partition coefficient (Wildman–Crippen LogP) is 21.8. The second-order valence-corrected chi connectivity index (χ2v) is 29.4. The Labute approximate surface area is 539 Å². The molecule has 3 nitrogen and oxygen atoms in total. The van der Waals surface area contributed by atoms with Crippen LogP contribution < -0.4 is 9.47 Å². The average Bonchev–Trinajstić information content (AvgIpc) is 3.65. The predicted molar refractivity (Wildman–Crippen MR) is 361 cm³/mol. The molecule has 15 heteroatoms. The zero-order valence-electron chi connectivity index (χ0n) is 43.8. The molecule has 0 aromatic heterocycles. The summed E-state index contributed by atoms with van der Waals surface area (Å²) >= 11 is 50.1. The van der Waals surface area contributed by atoms with Gasteiger partial charge in [-0.2, -0.15) is 47.0 Å². The van der Waals surface area contributed by atoms with E-state index in [9.17, 15) is 0 Å². The number of hydrogen-bond acceptors (Lipinski definition) is 7. The van der Waals surface area contributed by atoms with Crippen molar-refractivity contribution in [2.75, 3.05) is 37.2 Å². The lowest BCUT2D eigenvalue weighted by atomic mass is 9.69. The Morgan fingerprint density at radius 3 is 1.14 bits per heavy atom. The molecule has 0 saturated heterocycles. The van der Waals surface area contributed by atoms with Crippen LogP contribution in [0.4, 0.5) is 0 Å². The van der Waals surface area contributed by atoms with Crippen molar-refractivity contribution in [2.45, 2.75) is 70.6 Å². The number of benzene rings is 6. The molecular weight excluding hydrogens is 1410 g/mol. The average molecular weight is 1470 g/mol. The van der Waals surface area contributed by atoms with Crippen molar-refractivity contribution in [1.29, 1.82) is 0 Å². The standard InChI is InChI=1S/C64H62Br4Cl4O3S4/c1-73-55-19-7-45(8-20-55)41-78-33-29-63(27-23-53(71)37-59(63)67)61(49-11-3-43(4-12-49)39-76-31-25-47-15-17-51(69)35-57(47)65)75-62(50-13-5-44(6-14-50)40-77-32-26-48-16-18-52(70)36-58(48)66)64(28-24-54(72)38-60(64)68)30-34-79-42-46-9-21-56(74-2)22-10-46/h3-24,27-28,35-38,59-62H,25-26,29-34,39-42H2,1-2H3. The summed E-state index contributed by atoms with van der Waals surface area (Å²) < 4.78 is 21.3. The van der Waals surface area contributed by atoms with Gasteiger partial charge < -0.3 is 14.2 Å². The second-order valence-electron chi connectivity index (χ2n) is 19.6. The Hall–Kier alpha value is -1.68. The third kappa shape index (κ3) is 17.7. The lowest BCUT2D eigenvalue weighted by molar-refractivity contribution is -0.112. The highest BCUT2D eigenvalue weighted by atomic mass is 79.9. The highest BCUT2D eigenvalue weighted by Gasteiger charge is 2.51. The van der Waals surface area contributed by atoms with Crippen LogP contribution in [0, 0.1) is 10.8 Å². The molecular formula is C64H62Br4Cl4O3S4. The van der Waals surface area contributed by atoms with E-state index in [1.807, 2.05) is 95.6 Å². The van der Waals surface area contributed by atoms with E-state index in [2.05, 4.69) is 185 Å². The summed E-state index contributed by atoms with van der Waals surface area (Å²) in [5, 5.41) is 2.87. The van der Waals surface area contributed by atoms with Crippen molar-refractivity contribution in [3.8, 4) is 11.5 Å². The summed E-state index contributed by atoms with van der Waals surface area (Å²) in [6.45, 7) is 0. The Morgan fingerprint density at radius 2 is 0.810 bits per heavy atom. The smallest absolute Gasteiger partial charge is 0.118 e. The highest BCUT2D eigenvalue weighted by molar-refractivity contribution is 9.11. The number of aryl methyl sites for hydroxylation is 2. The van der Waals surface area contributed by atoms with Gasteiger partial charge in [-0.1, -0.05) is 219 Å². The van der Waals surface area contributed by atoms with Crippen LogP contribution in [0.15, 0.2) is 189 Å². The molecule has 6 unspecified atom stereocenters. The Morgan fingerprint density at radius 1 is 0.468 bits per heavy atom. The van der Waals surface area contributed by atoms with Crippen LogP contribution in [0.1, 0.15) is 69.6 Å². The molecule has 79 heavy (non-hydrogen) atoms. The summed E-state index contributed by atoms with van der Waals surface area (Å²) in [4.78, 5) is -0.292. The fourth-order valence-corrected chi connectivity index (χ4v) is 18.1. The van der Waals surface area contributed by atoms with Gasteiger partial charge in [0.2, 0.25) is 0 Å².